The predicted molar refractivity (Wildman–Crippen MR) is 127 cm³/mol. The Bertz CT molecular complexity index is 1390. The van der Waals surface area contributed by atoms with Gasteiger partial charge in [-0.1, -0.05) is 18.2 Å². The second-order valence-corrected chi connectivity index (χ2v) is 8.52. The highest BCUT2D eigenvalue weighted by atomic mass is 16.5. The smallest absolute Gasteiger partial charge is 0.258 e. The number of aromatic nitrogens is 3. The Morgan fingerprint density at radius 3 is 2.65 bits per heavy atom. The fourth-order valence-corrected chi connectivity index (χ4v) is 3.57. The molecule has 2 heterocycles. The molecule has 2 aromatic carbocycles. The number of carbonyl (C=O) groups excluding carboxylic acids is 2. The van der Waals surface area contributed by atoms with E-state index in [1.54, 1.807) is 31.4 Å². The van der Waals surface area contributed by atoms with Crippen LogP contribution >= 0.6 is 0 Å². The Kier molecular flexibility index (Phi) is 6.04. The molecule has 9 heteroatoms. The molecular formula is C25H24N4O5. The van der Waals surface area contributed by atoms with Crippen molar-refractivity contribution in [3.63, 3.8) is 0 Å². The summed E-state index contributed by atoms with van der Waals surface area (Å²) in [7, 11) is 0. The number of carbonyl (C=O) groups is 2. The van der Waals surface area contributed by atoms with Crippen LogP contribution in [0.25, 0.3) is 11.0 Å². The number of phenolic OH excluding ortho intramolecular Hbond substituents is 1. The molecule has 3 N–H and O–H groups in total. The number of aldehydes is 1. The number of hydrogen-bond acceptors (Lipinski definition) is 7. The number of nitrogens with zero attached hydrogens (tertiary/aromatic N) is 3. The lowest BCUT2D eigenvalue weighted by molar-refractivity contribution is 0.0630. The number of amides is 1. The van der Waals surface area contributed by atoms with Crippen LogP contribution in [0.3, 0.4) is 0 Å². The Labute approximate surface area is 195 Å². The highest BCUT2D eigenvalue weighted by Crippen LogP contribution is 2.30. The van der Waals surface area contributed by atoms with Gasteiger partial charge in [-0.25, -0.2) is 9.97 Å². The third-order valence-corrected chi connectivity index (χ3v) is 4.99. The number of hydrogen-bond donors (Lipinski definition) is 3. The monoisotopic (exact) mass is 460 g/mol. The first-order valence-electron chi connectivity index (χ1n) is 10.6. The van der Waals surface area contributed by atoms with Crippen LogP contribution in [-0.4, -0.2) is 42.5 Å². The van der Waals surface area contributed by atoms with Crippen LogP contribution in [0.4, 0.5) is 5.95 Å². The lowest BCUT2D eigenvalue weighted by atomic mass is 10.1. The Balaban J connectivity index is 1.66. The van der Waals surface area contributed by atoms with Crippen molar-refractivity contribution in [1.29, 1.82) is 0 Å². The third-order valence-electron chi connectivity index (χ3n) is 4.99. The van der Waals surface area contributed by atoms with Gasteiger partial charge in [0.2, 0.25) is 11.8 Å². The van der Waals surface area contributed by atoms with Crippen LogP contribution in [0, 0.1) is 6.92 Å². The van der Waals surface area contributed by atoms with Gasteiger partial charge in [0.15, 0.2) is 6.29 Å². The summed E-state index contributed by atoms with van der Waals surface area (Å²) in [6.45, 7) is 5.28. The number of aryl methyl sites for hydroxylation is 1. The number of nitrogens with one attached hydrogen (secondary N) is 1. The van der Waals surface area contributed by atoms with E-state index in [0.717, 1.165) is 5.52 Å². The number of pyridine rings is 1. The molecule has 34 heavy (non-hydrogen) atoms. The molecule has 2 aromatic heterocycles. The van der Waals surface area contributed by atoms with Gasteiger partial charge >= 0.3 is 0 Å². The van der Waals surface area contributed by atoms with E-state index in [0.29, 0.717) is 23.4 Å². The molecule has 1 amide bonds. The average Bonchev–Trinajstić information content (AvgIpc) is 3.09. The predicted octanol–water partition coefficient (Wildman–Crippen LogP) is 4.07. The van der Waals surface area contributed by atoms with Crippen LogP contribution in [0.5, 0.6) is 17.4 Å². The van der Waals surface area contributed by atoms with Gasteiger partial charge in [-0.15, -0.1) is 0 Å². The van der Waals surface area contributed by atoms with E-state index < -0.39 is 11.5 Å². The van der Waals surface area contributed by atoms with Crippen molar-refractivity contribution in [3.05, 3.63) is 71.4 Å². The Hall–Kier alpha value is -4.24. The summed E-state index contributed by atoms with van der Waals surface area (Å²) in [6, 6.07) is 14.9. The molecule has 0 unspecified atom stereocenters. The second kappa shape index (κ2) is 8.95. The number of ether oxygens (including phenoxy) is 1. The maximum atomic E-state index is 13.1. The molecule has 0 spiro atoms. The van der Waals surface area contributed by atoms with Crippen LogP contribution in [-0.2, 0) is 6.54 Å². The molecule has 0 aliphatic heterocycles. The van der Waals surface area contributed by atoms with Crippen molar-refractivity contribution in [2.45, 2.75) is 32.9 Å². The van der Waals surface area contributed by atoms with Crippen molar-refractivity contribution in [2.24, 2.45) is 0 Å². The van der Waals surface area contributed by atoms with Crippen molar-refractivity contribution in [3.8, 4) is 17.4 Å². The highest BCUT2D eigenvalue weighted by molar-refractivity contribution is 6.04. The summed E-state index contributed by atoms with van der Waals surface area (Å²) in [5, 5.41) is 23.1. The number of imidazole rings is 1. The first kappa shape index (κ1) is 22.9. The molecule has 0 aliphatic carbocycles. The Morgan fingerprint density at radius 1 is 1.15 bits per heavy atom. The first-order chi connectivity index (χ1) is 16.1. The lowest BCUT2D eigenvalue weighted by Gasteiger charge is -2.20. The minimum Gasteiger partial charge on any atom is -0.507 e. The highest BCUT2D eigenvalue weighted by Gasteiger charge is 2.21. The lowest BCUT2D eigenvalue weighted by Crippen LogP contribution is -2.27. The molecule has 0 bridgehead atoms. The maximum Gasteiger partial charge on any atom is 0.258 e. The van der Waals surface area contributed by atoms with Crippen molar-refractivity contribution in [1.82, 2.24) is 14.5 Å². The van der Waals surface area contributed by atoms with Gasteiger partial charge in [-0.2, -0.15) is 0 Å². The number of aromatic hydroxyl groups is 1. The van der Waals surface area contributed by atoms with E-state index in [2.05, 4.69) is 15.3 Å². The van der Waals surface area contributed by atoms with Gasteiger partial charge < -0.3 is 19.5 Å². The zero-order chi connectivity index (χ0) is 24.5. The first-order valence-corrected chi connectivity index (χ1v) is 10.6. The number of aliphatic hydroxyl groups is 1. The van der Waals surface area contributed by atoms with Gasteiger partial charge in [-0.3, -0.25) is 14.9 Å². The average molecular weight is 460 g/mol. The normalized spacial score (nSPS) is 11.4. The zero-order valence-corrected chi connectivity index (χ0v) is 18.9. The molecule has 0 atom stereocenters. The minimum absolute atomic E-state index is 0.0165. The summed E-state index contributed by atoms with van der Waals surface area (Å²) in [4.78, 5) is 33.3. The number of fused-ring (bicyclic) bond motifs is 1. The number of benzene rings is 2. The molecule has 9 nitrogen and oxygen atoms in total. The summed E-state index contributed by atoms with van der Waals surface area (Å²) in [5.41, 5.74) is 1.19. The van der Waals surface area contributed by atoms with Crippen LogP contribution in [0.2, 0.25) is 0 Å². The maximum absolute atomic E-state index is 13.1. The van der Waals surface area contributed by atoms with Crippen molar-refractivity contribution < 1.29 is 24.5 Å². The molecule has 0 fully saturated rings. The molecule has 0 aliphatic rings. The van der Waals surface area contributed by atoms with Gasteiger partial charge in [0.1, 0.15) is 11.5 Å². The molecule has 4 aromatic rings. The van der Waals surface area contributed by atoms with E-state index in [4.69, 9.17) is 4.74 Å². The van der Waals surface area contributed by atoms with Gasteiger partial charge in [0, 0.05) is 17.3 Å². The second-order valence-electron chi connectivity index (χ2n) is 8.52. The quantitative estimate of drug-likeness (QED) is 0.355. The molecule has 4 rings (SSSR count). The standard InChI is InChI=1S/C25H24N4O5/c1-15-11-16(12-22(26-15)34-21-10-6-9-20(31)17(21)13-30)23(32)28-24-27-18-7-4-5-8-19(18)29(24)14-25(2,3)33/h4-13,31,33H,14H2,1-3H3,(H,27,28,32). The fourth-order valence-electron chi connectivity index (χ4n) is 3.57. The molecule has 174 valence electrons. The van der Waals surface area contributed by atoms with Gasteiger partial charge in [-0.05, 0) is 51.1 Å². The van der Waals surface area contributed by atoms with Crippen LogP contribution in [0.1, 0.15) is 40.3 Å². The fraction of sp³-hybridized carbons (Fsp3) is 0.200. The Morgan fingerprint density at radius 2 is 1.91 bits per heavy atom. The third kappa shape index (κ3) is 4.89. The van der Waals surface area contributed by atoms with E-state index in [1.165, 1.54) is 24.3 Å². The number of rotatable bonds is 7. The van der Waals surface area contributed by atoms with Gasteiger partial charge in [0.25, 0.3) is 5.91 Å². The topological polar surface area (TPSA) is 127 Å². The van der Waals surface area contributed by atoms with Crippen LogP contribution in [0.15, 0.2) is 54.6 Å². The van der Waals surface area contributed by atoms with E-state index in [-0.39, 0.29) is 35.1 Å². The summed E-state index contributed by atoms with van der Waals surface area (Å²) < 4.78 is 7.46. The summed E-state index contributed by atoms with van der Waals surface area (Å²) >= 11 is 0. The minimum atomic E-state index is -1.03. The van der Waals surface area contributed by atoms with E-state index >= 15 is 0 Å². The van der Waals surface area contributed by atoms with E-state index in [1.807, 2.05) is 24.3 Å². The molecular weight excluding hydrogens is 436 g/mol. The largest absolute Gasteiger partial charge is 0.507 e. The van der Waals surface area contributed by atoms with Crippen molar-refractivity contribution in [2.75, 3.05) is 5.32 Å². The SMILES string of the molecule is Cc1cc(C(=O)Nc2nc3ccccc3n2CC(C)(C)O)cc(Oc2cccc(O)c2C=O)n1. The molecule has 0 saturated heterocycles. The molecule has 0 radical (unpaired) electrons. The summed E-state index contributed by atoms with van der Waals surface area (Å²) in [5.74, 6) is -0.172. The summed E-state index contributed by atoms with van der Waals surface area (Å²) in [6.07, 6.45) is 0.487. The van der Waals surface area contributed by atoms with Gasteiger partial charge in [0.05, 0.1) is 28.7 Å². The van der Waals surface area contributed by atoms with Crippen LogP contribution < -0.4 is 10.1 Å². The number of anilines is 1. The number of phenols is 1. The van der Waals surface area contributed by atoms with E-state index in [9.17, 15) is 19.8 Å². The molecule has 0 saturated carbocycles. The number of para-hydroxylation sites is 2. The zero-order valence-electron chi connectivity index (χ0n) is 18.9. The van der Waals surface area contributed by atoms with Crippen molar-refractivity contribution >= 4 is 29.2 Å².